The van der Waals surface area contributed by atoms with Crippen molar-refractivity contribution in [2.75, 3.05) is 11.9 Å². The van der Waals surface area contributed by atoms with Crippen LogP contribution in [-0.2, 0) is 4.79 Å². The molecule has 0 aliphatic carbocycles. The predicted molar refractivity (Wildman–Crippen MR) is 71.6 cm³/mol. The Bertz CT molecular complexity index is 694. The molecule has 0 bridgehead atoms. The molecule has 0 saturated heterocycles. The standard InChI is InChI=1S/C15H10F2N2O2/c16-13-6-3-11(7-14(13)17)19-15(20)9-21-12-4-1-10(8-18)2-5-12/h1-7H,9H2,(H,19,20). The van der Waals surface area contributed by atoms with Crippen molar-refractivity contribution in [2.24, 2.45) is 0 Å². The van der Waals surface area contributed by atoms with Crippen LogP contribution < -0.4 is 10.1 Å². The maximum Gasteiger partial charge on any atom is 0.262 e. The molecule has 1 amide bonds. The lowest BCUT2D eigenvalue weighted by Gasteiger charge is -2.07. The third-order valence-corrected chi connectivity index (χ3v) is 2.56. The first kappa shape index (κ1) is 14.5. The second-order valence-corrected chi connectivity index (χ2v) is 4.10. The van der Waals surface area contributed by atoms with Crippen LogP contribution in [0.4, 0.5) is 14.5 Å². The zero-order valence-corrected chi connectivity index (χ0v) is 10.8. The summed E-state index contributed by atoms with van der Waals surface area (Å²) in [6, 6.07) is 11.2. The molecule has 2 rings (SSSR count). The molecule has 0 unspecified atom stereocenters. The predicted octanol–water partition coefficient (Wildman–Crippen LogP) is 2.85. The number of ether oxygens (including phenoxy) is 1. The van der Waals surface area contributed by atoms with Gasteiger partial charge >= 0.3 is 0 Å². The van der Waals surface area contributed by atoms with E-state index in [9.17, 15) is 13.6 Å². The minimum absolute atomic E-state index is 0.141. The Morgan fingerprint density at radius 2 is 1.86 bits per heavy atom. The van der Waals surface area contributed by atoms with E-state index in [-0.39, 0.29) is 12.3 Å². The van der Waals surface area contributed by atoms with Gasteiger partial charge in [-0.15, -0.1) is 0 Å². The summed E-state index contributed by atoms with van der Waals surface area (Å²) >= 11 is 0. The van der Waals surface area contributed by atoms with E-state index in [4.69, 9.17) is 10.00 Å². The highest BCUT2D eigenvalue weighted by Gasteiger charge is 2.07. The molecule has 1 N–H and O–H groups in total. The lowest BCUT2D eigenvalue weighted by atomic mass is 10.2. The van der Waals surface area contributed by atoms with E-state index in [1.807, 2.05) is 6.07 Å². The van der Waals surface area contributed by atoms with Crippen LogP contribution in [-0.4, -0.2) is 12.5 Å². The van der Waals surface area contributed by atoms with E-state index in [2.05, 4.69) is 5.32 Å². The number of halogens is 2. The van der Waals surface area contributed by atoms with Gasteiger partial charge in [-0.2, -0.15) is 5.26 Å². The summed E-state index contributed by atoms with van der Waals surface area (Å²) in [6.07, 6.45) is 0. The zero-order valence-electron chi connectivity index (χ0n) is 10.8. The fraction of sp³-hybridized carbons (Fsp3) is 0.0667. The van der Waals surface area contributed by atoms with Crippen molar-refractivity contribution in [2.45, 2.75) is 0 Å². The second kappa shape index (κ2) is 6.48. The Balaban J connectivity index is 1.89. The zero-order chi connectivity index (χ0) is 15.2. The largest absolute Gasteiger partial charge is 0.484 e. The van der Waals surface area contributed by atoms with Gasteiger partial charge in [-0.3, -0.25) is 4.79 Å². The Hall–Kier alpha value is -2.94. The lowest BCUT2D eigenvalue weighted by molar-refractivity contribution is -0.118. The highest BCUT2D eigenvalue weighted by molar-refractivity contribution is 5.91. The minimum Gasteiger partial charge on any atom is -0.484 e. The molecule has 106 valence electrons. The number of hydrogen-bond donors (Lipinski definition) is 1. The van der Waals surface area contributed by atoms with E-state index in [0.717, 1.165) is 12.1 Å². The molecule has 0 heterocycles. The molecule has 0 aromatic heterocycles. The number of nitrogens with zero attached hydrogens (tertiary/aromatic N) is 1. The van der Waals surface area contributed by atoms with Gasteiger partial charge in [0.1, 0.15) is 5.75 Å². The maximum absolute atomic E-state index is 13.0. The smallest absolute Gasteiger partial charge is 0.262 e. The van der Waals surface area contributed by atoms with E-state index in [1.54, 1.807) is 24.3 Å². The Morgan fingerprint density at radius 3 is 2.48 bits per heavy atom. The normalized spacial score (nSPS) is 9.76. The Labute approximate surface area is 119 Å². The van der Waals surface area contributed by atoms with Gasteiger partial charge in [0, 0.05) is 11.8 Å². The molecule has 0 radical (unpaired) electrons. The van der Waals surface area contributed by atoms with Crippen molar-refractivity contribution >= 4 is 11.6 Å². The van der Waals surface area contributed by atoms with Gasteiger partial charge in [-0.05, 0) is 36.4 Å². The molecule has 2 aromatic carbocycles. The van der Waals surface area contributed by atoms with Crippen molar-refractivity contribution in [3.05, 3.63) is 59.7 Å². The van der Waals surface area contributed by atoms with Crippen molar-refractivity contribution in [1.82, 2.24) is 0 Å². The number of amides is 1. The fourth-order valence-electron chi connectivity index (χ4n) is 1.55. The average Bonchev–Trinajstić information content (AvgIpc) is 2.49. The Morgan fingerprint density at radius 1 is 1.14 bits per heavy atom. The van der Waals surface area contributed by atoms with Crippen LogP contribution >= 0.6 is 0 Å². The summed E-state index contributed by atoms with van der Waals surface area (Å²) in [5, 5.41) is 11.0. The molecule has 0 atom stereocenters. The molecule has 6 heteroatoms. The summed E-state index contributed by atoms with van der Waals surface area (Å²) in [7, 11) is 0. The quantitative estimate of drug-likeness (QED) is 0.941. The molecule has 21 heavy (non-hydrogen) atoms. The molecular formula is C15H10F2N2O2. The number of anilines is 1. The highest BCUT2D eigenvalue weighted by atomic mass is 19.2. The number of benzene rings is 2. The highest BCUT2D eigenvalue weighted by Crippen LogP contribution is 2.14. The van der Waals surface area contributed by atoms with Crippen LogP contribution in [0.3, 0.4) is 0 Å². The van der Waals surface area contributed by atoms with Crippen LogP contribution in [0.2, 0.25) is 0 Å². The number of carbonyl (C=O) groups excluding carboxylic acids is 1. The fourth-order valence-corrected chi connectivity index (χ4v) is 1.55. The first-order chi connectivity index (χ1) is 10.1. The SMILES string of the molecule is N#Cc1ccc(OCC(=O)Nc2ccc(F)c(F)c2)cc1. The van der Waals surface area contributed by atoms with Crippen LogP contribution in [0.5, 0.6) is 5.75 Å². The third-order valence-electron chi connectivity index (χ3n) is 2.56. The molecule has 0 saturated carbocycles. The minimum atomic E-state index is -1.04. The Kier molecular flexibility index (Phi) is 4.46. The monoisotopic (exact) mass is 288 g/mol. The molecule has 4 nitrogen and oxygen atoms in total. The van der Waals surface area contributed by atoms with Gasteiger partial charge in [-0.1, -0.05) is 0 Å². The number of rotatable bonds is 4. The third kappa shape index (κ3) is 4.01. The van der Waals surface area contributed by atoms with Crippen molar-refractivity contribution in [3.63, 3.8) is 0 Å². The van der Waals surface area contributed by atoms with E-state index < -0.39 is 17.5 Å². The van der Waals surface area contributed by atoms with Gasteiger partial charge in [0.05, 0.1) is 11.6 Å². The molecule has 2 aromatic rings. The summed E-state index contributed by atoms with van der Waals surface area (Å²) in [4.78, 5) is 11.6. The molecular weight excluding hydrogens is 278 g/mol. The van der Waals surface area contributed by atoms with Gasteiger partial charge < -0.3 is 10.1 Å². The van der Waals surface area contributed by atoms with Gasteiger partial charge in [0.25, 0.3) is 5.91 Å². The summed E-state index contributed by atoms with van der Waals surface area (Å²) in [5.74, 6) is -2.11. The number of nitriles is 1. The first-order valence-corrected chi connectivity index (χ1v) is 5.96. The van der Waals surface area contributed by atoms with Crippen molar-refractivity contribution < 1.29 is 18.3 Å². The lowest BCUT2D eigenvalue weighted by Crippen LogP contribution is -2.20. The van der Waals surface area contributed by atoms with Crippen LogP contribution in [0.15, 0.2) is 42.5 Å². The number of carbonyl (C=O) groups is 1. The molecule has 0 aliphatic heterocycles. The van der Waals surface area contributed by atoms with Crippen molar-refractivity contribution in [3.8, 4) is 11.8 Å². The van der Waals surface area contributed by atoms with Gasteiger partial charge in [0.2, 0.25) is 0 Å². The van der Waals surface area contributed by atoms with Crippen LogP contribution in [0, 0.1) is 23.0 Å². The van der Waals surface area contributed by atoms with E-state index in [0.29, 0.717) is 11.3 Å². The van der Waals surface area contributed by atoms with E-state index >= 15 is 0 Å². The first-order valence-electron chi connectivity index (χ1n) is 5.96. The summed E-state index contributed by atoms with van der Waals surface area (Å²) in [6.45, 7) is -0.287. The van der Waals surface area contributed by atoms with Crippen LogP contribution in [0.1, 0.15) is 5.56 Å². The maximum atomic E-state index is 13.0. The van der Waals surface area contributed by atoms with Gasteiger partial charge in [-0.25, -0.2) is 8.78 Å². The summed E-state index contributed by atoms with van der Waals surface area (Å²) in [5.41, 5.74) is 0.621. The molecule has 0 spiro atoms. The number of nitrogens with one attached hydrogen (secondary N) is 1. The second-order valence-electron chi connectivity index (χ2n) is 4.10. The number of hydrogen-bond acceptors (Lipinski definition) is 3. The molecule has 0 fully saturated rings. The van der Waals surface area contributed by atoms with E-state index in [1.165, 1.54) is 6.07 Å². The van der Waals surface area contributed by atoms with Gasteiger partial charge in [0.15, 0.2) is 18.2 Å². The molecule has 0 aliphatic rings. The summed E-state index contributed by atoms with van der Waals surface area (Å²) < 4.78 is 30.9. The average molecular weight is 288 g/mol. The van der Waals surface area contributed by atoms with Crippen molar-refractivity contribution in [1.29, 1.82) is 5.26 Å². The topological polar surface area (TPSA) is 62.1 Å². The van der Waals surface area contributed by atoms with Crippen LogP contribution in [0.25, 0.3) is 0 Å².